The fourth-order valence-corrected chi connectivity index (χ4v) is 1.99. The Morgan fingerprint density at radius 1 is 1.20 bits per heavy atom. The third-order valence-corrected chi connectivity index (χ3v) is 2.30. The lowest BCUT2D eigenvalue weighted by Gasteiger charge is -2.23. The van der Waals surface area contributed by atoms with Gasteiger partial charge in [-0.25, -0.2) is 0 Å². The quantitative estimate of drug-likeness (QED) is 0.751. The lowest BCUT2D eigenvalue weighted by atomic mass is 10.1. The molecule has 0 bridgehead atoms. The minimum absolute atomic E-state index is 0.0584. The highest BCUT2D eigenvalue weighted by Crippen LogP contribution is 2.23. The molecule has 0 aliphatic rings. The van der Waals surface area contributed by atoms with E-state index in [1.54, 1.807) is 5.01 Å². The van der Waals surface area contributed by atoms with E-state index in [0.717, 1.165) is 5.69 Å². The Balaban J connectivity index is 3.08. The number of rotatable bonds is 2. The second kappa shape index (κ2) is 4.34. The van der Waals surface area contributed by atoms with Crippen LogP contribution >= 0.6 is 0 Å². The van der Waals surface area contributed by atoms with Crippen molar-refractivity contribution in [2.45, 2.75) is 27.7 Å². The fraction of sp³-hybridized carbons (Fsp3) is 0.417. The van der Waals surface area contributed by atoms with Crippen LogP contribution in [0.3, 0.4) is 0 Å². The van der Waals surface area contributed by atoms with Gasteiger partial charge in [-0.3, -0.25) is 15.2 Å². The first-order valence-electron chi connectivity index (χ1n) is 5.00. The molecule has 0 fully saturated rings. The van der Waals surface area contributed by atoms with Gasteiger partial charge in [-0.2, -0.15) is 0 Å². The highest BCUT2D eigenvalue weighted by Gasteiger charge is 2.09. The Kier molecular flexibility index (Phi) is 3.35. The van der Waals surface area contributed by atoms with Crippen LogP contribution < -0.4 is 10.4 Å². The molecule has 0 heterocycles. The third-order valence-electron chi connectivity index (χ3n) is 2.30. The number of anilines is 1. The van der Waals surface area contributed by atoms with Crippen LogP contribution in [0.2, 0.25) is 0 Å². The maximum Gasteiger partial charge on any atom is 0.235 e. The van der Waals surface area contributed by atoms with Crippen molar-refractivity contribution in [1.29, 1.82) is 0 Å². The van der Waals surface area contributed by atoms with Crippen LogP contribution in [0.1, 0.15) is 23.6 Å². The van der Waals surface area contributed by atoms with Gasteiger partial charge in [0.2, 0.25) is 5.91 Å². The standard InChI is InChI=1S/C12H18N2O/c1-8-6-9(2)12(10(3)7-8)14(5)13-11(4)15/h6-7H,1-5H3,(H,13,15). The van der Waals surface area contributed by atoms with Crippen molar-refractivity contribution in [1.82, 2.24) is 5.43 Å². The van der Waals surface area contributed by atoms with Crippen LogP contribution in [-0.4, -0.2) is 13.0 Å². The minimum Gasteiger partial charge on any atom is -0.288 e. The molecular weight excluding hydrogens is 188 g/mol. The van der Waals surface area contributed by atoms with E-state index < -0.39 is 0 Å². The van der Waals surface area contributed by atoms with E-state index in [2.05, 4.69) is 24.5 Å². The molecule has 3 heteroatoms. The summed E-state index contributed by atoms with van der Waals surface area (Å²) in [5.74, 6) is -0.0584. The van der Waals surface area contributed by atoms with E-state index in [0.29, 0.717) is 0 Å². The van der Waals surface area contributed by atoms with Crippen molar-refractivity contribution < 1.29 is 4.79 Å². The number of carbonyl (C=O) groups excluding carboxylic acids is 1. The molecule has 0 aromatic heterocycles. The number of benzene rings is 1. The lowest BCUT2D eigenvalue weighted by Crippen LogP contribution is -2.38. The van der Waals surface area contributed by atoms with E-state index in [9.17, 15) is 4.79 Å². The van der Waals surface area contributed by atoms with Crippen molar-refractivity contribution in [3.8, 4) is 0 Å². The molecule has 1 aromatic carbocycles. The van der Waals surface area contributed by atoms with Gasteiger partial charge in [-0.1, -0.05) is 17.7 Å². The lowest BCUT2D eigenvalue weighted by molar-refractivity contribution is -0.119. The first-order valence-corrected chi connectivity index (χ1v) is 5.00. The molecule has 15 heavy (non-hydrogen) atoms. The number of hydrogen-bond acceptors (Lipinski definition) is 2. The summed E-state index contributed by atoms with van der Waals surface area (Å²) in [4.78, 5) is 11.0. The number of aryl methyl sites for hydroxylation is 3. The number of nitrogens with one attached hydrogen (secondary N) is 1. The third kappa shape index (κ3) is 2.72. The first kappa shape index (κ1) is 11.6. The fourth-order valence-electron chi connectivity index (χ4n) is 1.99. The molecule has 0 atom stereocenters. The number of hydrazine groups is 1. The molecule has 0 aliphatic carbocycles. The first-order chi connectivity index (χ1) is 6.91. The summed E-state index contributed by atoms with van der Waals surface area (Å²) in [7, 11) is 1.85. The van der Waals surface area contributed by atoms with Crippen molar-refractivity contribution in [2.24, 2.45) is 0 Å². The molecular formula is C12H18N2O. The second-order valence-electron chi connectivity index (χ2n) is 3.97. The van der Waals surface area contributed by atoms with E-state index in [1.807, 2.05) is 20.9 Å². The highest BCUT2D eigenvalue weighted by molar-refractivity contribution is 5.76. The van der Waals surface area contributed by atoms with Crippen LogP contribution in [-0.2, 0) is 4.79 Å². The normalized spacial score (nSPS) is 9.93. The molecule has 0 saturated carbocycles. The van der Waals surface area contributed by atoms with Crippen LogP contribution in [0.15, 0.2) is 12.1 Å². The molecule has 82 valence electrons. The zero-order valence-corrected chi connectivity index (χ0v) is 10.0. The van der Waals surface area contributed by atoms with Crippen LogP contribution in [0.4, 0.5) is 5.69 Å². The molecule has 0 unspecified atom stereocenters. The minimum atomic E-state index is -0.0584. The Morgan fingerprint density at radius 3 is 2.07 bits per heavy atom. The summed E-state index contributed by atoms with van der Waals surface area (Å²) in [6.45, 7) is 7.68. The summed E-state index contributed by atoms with van der Waals surface area (Å²) in [6.07, 6.45) is 0. The highest BCUT2D eigenvalue weighted by atomic mass is 16.2. The molecule has 0 radical (unpaired) electrons. The van der Waals surface area contributed by atoms with E-state index in [4.69, 9.17) is 0 Å². The van der Waals surface area contributed by atoms with Gasteiger partial charge < -0.3 is 0 Å². The number of hydrogen-bond donors (Lipinski definition) is 1. The molecule has 0 aliphatic heterocycles. The molecule has 3 nitrogen and oxygen atoms in total. The summed E-state index contributed by atoms with van der Waals surface area (Å²) >= 11 is 0. The van der Waals surface area contributed by atoms with Gasteiger partial charge in [0.05, 0.1) is 5.69 Å². The van der Waals surface area contributed by atoms with Gasteiger partial charge in [-0.15, -0.1) is 0 Å². The Labute approximate surface area is 91.1 Å². The SMILES string of the molecule is CC(=O)NN(C)c1c(C)cc(C)cc1C. The van der Waals surface area contributed by atoms with E-state index >= 15 is 0 Å². The Hall–Kier alpha value is -1.51. The smallest absolute Gasteiger partial charge is 0.235 e. The van der Waals surface area contributed by atoms with Gasteiger partial charge in [0.25, 0.3) is 0 Å². The topological polar surface area (TPSA) is 32.3 Å². The maximum absolute atomic E-state index is 11.0. The van der Waals surface area contributed by atoms with Crippen LogP contribution in [0.25, 0.3) is 0 Å². The monoisotopic (exact) mass is 206 g/mol. The zero-order valence-electron chi connectivity index (χ0n) is 10.0. The summed E-state index contributed by atoms with van der Waals surface area (Å²) in [6, 6.07) is 4.22. The van der Waals surface area contributed by atoms with Crippen molar-refractivity contribution in [3.63, 3.8) is 0 Å². The predicted molar refractivity (Wildman–Crippen MR) is 62.9 cm³/mol. The molecule has 0 saturated heterocycles. The predicted octanol–water partition coefficient (Wildman–Crippen LogP) is 2.10. The Bertz CT molecular complexity index is 362. The van der Waals surface area contributed by atoms with Gasteiger partial charge in [-0.05, 0) is 31.9 Å². The van der Waals surface area contributed by atoms with Gasteiger partial charge in [0.15, 0.2) is 0 Å². The largest absolute Gasteiger partial charge is 0.288 e. The average Bonchev–Trinajstić information content (AvgIpc) is 1.99. The van der Waals surface area contributed by atoms with Gasteiger partial charge in [0.1, 0.15) is 0 Å². The van der Waals surface area contributed by atoms with Crippen molar-refractivity contribution in [2.75, 3.05) is 12.1 Å². The van der Waals surface area contributed by atoms with Gasteiger partial charge in [0, 0.05) is 14.0 Å². The van der Waals surface area contributed by atoms with Gasteiger partial charge >= 0.3 is 0 Å². The molecule has 0 spiro atoms. The van der Waals surface area contributed by atoms with Crippen LogP contribution in [0, 0.1) is 20.8 Å². The van der Waals surface area contributed by atoms with Crippen molar-refractivity contribution >= 4 is 11.6 Å². The Morgan fingerprint density at radius 2 is 1.67 bits per heavy atom. The summed E-state index contributed by atoms with van der Waals surface area (Å²) in [5.41, 5.74) is 7.40. The molecule has 1 aromatic rings. The zero-order chi connectivity index (χ0) is 11.6. The number of amides is 1. The maximum atomic E-state index is 11.0. The number of carbonyl (C=O) groups is 1. The summed E-state index contributed by atoms with van der Waals surface area (Å²) in [5, 5.41) is 1.77. The molecule has 1 amide bonds. The average molecular weight is 206 g/mol. The van der Waals surface area contributed by atoms with Crippen LogP contribution in [0.5, 0.6) is 0 Å². The molecule has 1 N–H and O–H groups in total. The second-order valence-corrected chi connectivity index (χ2v) is 3.97. The van der Waals surface area contributed by atoms with Crippen molar-refractivity contribution in [3.05, 3.63) is 28.8 Å². The van der Waals surface area contributed by atoms with E-state index in [-0.39, 0.29) is 5.91 Å². The summed E-state index contributed by atoms with van der Waals surface area (Å²) < 4.78 is 0. The number of nitrogens with zero attached hydrogens (tertiary/aromatic N) is 1. The molecule has 1 rings (SSSR count). The van der Waals surface area contributed by atoms with E-state index in [1.165, 1.54) is 23.6 Å².